The zero-order valence-electron chi connectivity index (χ0n) is 13.6. The maximum Gasteiger partial charge on any atom is 0.220 e. The Labute approximate surface area is 128 Å². The van der Waals surface area contributed by atoms with Crippen LogP contribution in [-0.4, -0.2) is 16.9 Å². The van der Waals surface area contributed by atoms with Crippen LogP contribution < -0.4 is 5.32 Å². The number of pyridine rings is 1. The Hall–Kier alpha value is -1.38. The van der Waals surface area contributed by atoms with Crippen molar-refractivity contribution in [3.63, 3.8) is 0 Å². The van der Waals surface area contributed by atoms with Gasteiger partial charge >= 0.3 is 0 Å². The first-order valence-corrected chi connectivity index (χ1v) is 8.15. The summed E-state index contributed by atoms with van der Waals surface area (Å²) < 4.78 is 0. The molecule has 0 aromatic carbocycles. The molecule has 1 aromatic heterocycles. The van der Waals surface area contributed by atoms with Gasteiger partial charge in [-0.2, -0.15) is 0 Å². The normalized spacial score (nSPS) is 22.8. The Morgan fingerprint density at radius 3 is 2.76 bits per heavy atom. The molecule has 3 nitrogen and oxygen atoms in total. The van der Waals surface area contributed by atoms with E-state index in [4.69, 9.17) is 0 Å². The van der Waals surface area contributed by atoms with Crippen LogP contribution in [0.4, 0.5) is 0 Å². The van der Waals surface area contributed by atoms with Crippen molar-refractivity contribution in [2.75, 3.05) is 0 Å². The molecule has 1 amide bonds. The summed E-state index contributed by atoms with van der Waals surface area (Å²) in [5, 5.41) is 3.29. The Morgan fingerprint density at radius 1 is 1.33 bits per heavy atom. The van der Waals surface area contributed by atoms with E-state index in [2.05, 4.69) is 31.1 Å². The molecule has 0 spiro atoms. The molecule has 1 aliphatic carbocycles. The van der Waals surface area contributed by atoms with Crippen LogP contribution in [0.25, 0.3) is 0 Å². The average molecular weight is 288 g/mol. The second-order valence-electron chi connectivity index (χ2n) is 7.29. The number of carbonyl (C=O) groups is 1. The first kappa shape index (κ1) is 16.0. The quantitative estimate of drug-likeness (QED) is 0.917. The van der Waals surface area contributed by atoms with Crippen LogP contribution in [0.1, 0.15) is 58.4 Å². The fourth-order valence-electron chi connectivity index (χ4n) is 3.42. The minimum Gasteiger partial charge on any atom is -0.353 e. The van der Waals surface area contributed by atoms with Gasteiger partial charge in [0.15, 0.2) is 0 Å². The van der Waals surface area contributed by atoms with Gasteiger partial charge in [-0.1, -0.05) is 39.7 Å². The molecule has 0 radical (unpaired) electrons. The monoisotopic (exact) mass is 288 g/mol. The van der Waals surface area contributed by atoms with E-state index < -0.39 is 0 Å². The predicted molar refractivity (Wildman–Crippen MR) is 85.9 cm³/mol. The summed E-state index contributed by atoms with van der Waals surface area (Å²) in [5.74, 6) is 0.772. The summed E-state index contributed by atoms with van der Waals surface area (Å²) in [5.41, 5.74) is 1.39. The lowest BCUT2D eigenvalue weighted by molar-refractivity contribution is -0.122. The third-order valence-corrected chi connectivity index (χ3v) is 4.59. The number of hydrogen-bond donors (Lipinski definition) is 1. The van der Waals surface area contributed by atoms with Gasteiger partial charge in [0.1, 0.15) is 0 Å². The molecule has 21 heavy (non-hydrogen) atoms. The van der Waals surface area contributed by atoms with Crippen molar-refractivity contribution >= 4 is 5.91 Å². The van der Waals surface area contributed by atoms with Crippen molar-refractivity contribution in [3.05, 3.63) is 30.1 Å². The molecule has 1 aromatic rings. The highest BCUT2D eigenvalue weighted by Gasteiger charge is 2.34. The van der Waals surface area contributed by atoms with Crippen LogP contribution in [0, 0.1) is 11.3 Å². The molecule has 0 saturated heterocycles. The molecule has 1 fully saturated rings. The molecule has 116 valence electrons. The summed E-state index contributed by atoms with van der Waals surface area (Å²) in [6, 6.07) is 4.29. The summed E-state index contributed by atoms with van der Waals surface area (Å²) in [6.07, 6.45) is 9.82. The van der Waals surface area contributed by atoms with E-state index in [0.717, 1.165) is 18.4 Å². The molecule has 1 heterocycles. The molecule has 2 rings (SSSR count). The second kappa shape index (κ2) is 7.06. The van der Waals surface area contributed by atoms with Crippen LogP contribution in [0.5, 0.6) is 0 Å². The molecule has 1 saturated carbocycles. The Kier molecular flexibility index (Phi) is 5.38. The van der Waals surface area contributed by atoms with Crippen molar-refractivity contribution in [2.45, 2.75) is 65.3 Å². The zero-order valence-corrected chi connectivity index (χ0v) is 13.6. The molecule has 1 N–H and O–H groups in total. The number of nitrogens with zero attached hydrogens (tertiary/aromatic N) is 1. The third kappa shape index (κ3) is 4.83. The summed E-state index contributed by atoms with van der Waals surface area (Å²) in [7, 11) is 0. The minimum atomic E-state index is 0.181. The first-order chi connectivity index (χ1) is 9.97. The zero-order chi connectivity index (χ0) is 15.3. The van der Waals surface area contributed by atoms with Gasteiger partial charge in [-0.05, 0) is 42.2 Å². The lowest BCUT2D eigenvalue weighted by atomic mass is 9.69. The van der Waals surface area contributed by atoms with Crippen LogP contribution in [0.15, 0.2) is 24.5 Å². The third-order valence-electron chi connectivity index (χ3n) is 4.59. The van der Waals surface area contributed by atoms with E-state index in [1.807, 2.05) is 18.3 Å². The minimum absolute atomic E-state index is 0.181. The Morgan fingerprint density at radius 2 is 2.10 bits per heavy atom. The van der Waals surface area contributed by atoms with Crippen LogP contribution in [0.2, 0.25) is 0 Å². The van der Waals surface area contributed by atoms with Gasteiger partial charge in [-0.3, -0.25) is 9.78 Å². The maximum atomic E-state index is 12.2. The number of amides is 1. The van der Waals surface area contributed by atoms with Crippen LogP contribution in [0.3, 0.4) is 0 Å². The van der Waals surface area contributed by atoms with E-state index in [0.29, 0.717) is 18.4 Å². The smallest absolute Gasteiger partial charge is 0.220 e. The van der Waals surface area contributed by atoms with E-state index in [1.165, 1.54) is 19.3 Å². The van der Waals surface area contributed by atoms with Gasteiger partial charge in [-0.25, -0.2) is 0 Å². The van der Waals surface area contributed by atoms with Gasteiger partial charge in [0, 0.05) is 24.9 Å². The SMILES string of the molecule is CC(C)(C)C1CCCCC1NC(=O)CCc1cccnc1. The number of aryl methyl sites for hydroxylation is 1. The van der Waals surface area contributed by atoms with Gasteiger partial charge in [-0.15, -0.1) is 0 Å². The van der Waals surface area contributed by atoms with Gasteiger partial charge in [0.25, 0.3) is 0 Å². The van der Waals surface area contributed by atoms with E-state index >= 15 is 0 Å². The average Bonchev–Trinajstić information content (AvgIpc) is 2.46. The molecule has 3 heteroatoms. The maximum absolute atomic E-state index is 12.2. The van der Waals surface area contributed by atoms with Gasteiger partial charge in [0.05, 0.1) is 0 Å². The van der Waals surface area contributed by atoms with E-state index in [1.54, 1.807) is 6.20 Å². The molecular weight excluding hydrogens is 260 g/mol. The molecule has 2 atom stereocenters. The van der Waals surface area contributed by atoms with E-state index in [-0.39, 0.29) is 11.3 Å². The highest BCUT2D eigenvalue weighted by Crippen LogP contribution is 2.37. The second-order valence-corrected chi connectivity index (χ2v) is 7.29. The molecular formula is C18H28N2O. The lowest BCUT2D eigenvalue weighted by Gasteiger charge is -2.40. The van der Waals surface area contributed by atoms with E-state index in [9.17, 15) is 4.79 Å². The number of rotatable bonds is 4. The topological polar surface area (TPSA) is 42.0 Å². The lowest BCUT2D eigenvalue weighted by Crippen LogP contribution is -2.46. The van der Waals surface area contributed by atoms with Gasteiger partial charge < -0.3 is 5.32 Å². The Balaban J connectivity index is 1.86. The summed E-state index contributed by atoms with van der Waals surface area (Å²) in [4.78, 5) is 16.3. The number of carbonyl (C=O) groups excluding carboxylic acids is 1. The largest absolute Gasteiger partial charge is 0.353 e. The highest BCUT2D eigenvalue weighted by atomic mass is 16.1. The summed E-state index contributed by atoms with van der Waals surface area (Å²) in [6.45, 7) is 6.87. The molecule has 0 bridgehead atoms. The fourth-order valence-corrected chi connectivity index (χ4v) is 3.42. The highest BCUT2D eigenvalue weighted by molar-refractivity contribution is 5.76. The van der Waals surface area contributed by atoms with Crippen molar-refractivity contribution in [1.82, 2.24) is 10.3 Å². The number of nitrogens with one attached hydrogen (secondary N) is 1. The molecule has 0 aliphatic heterocycles. The van der Waals surface area contributed by atoms with Crippen molar-refractivity contribution < 1.29 is 4.79 Å². The van der Waals surface area contributed by atoms with Crippen molar-refractivity contribution in [3.8, 4) is 0 Å². The molecule has 2 unspecified atom stereocenters. The van der Waals surface area contributed by atoms with Crippen LogP contribution in [-0.2, 0) is 11.2 Å². The summed E-state index contributed by atoms with van der Waals surface area (Å²) >= 11 is 0. The number of hydrogen-bond acceptors (Lipinski definition) is 2. The number of aromatic nitrogens is 1. The van der Waals surface area contributed by atoms with Crippen molar-refractivity contribution in [1.29, 1.82) is 0 Å². The van der Waals surface area contributed by atoms with Crippen LogP contribution >= 0.6 is 0 Å². The van der Waals surface area contributed by atoms with Gasteiger partial charge in [0.2, 0.25) is 5.91 Å². The molecule has 1 aliphatic rings. The fraction of sp³-hybridized carbons (Fsp3) is 0.667. The van der Waals surface area contributed by atoms with Crippen molar-refractivity contribution in [2.24, 2.45) is 11.3 Å². The Bertz CT molecular complexity index is 450. The first-order valence-electron chi connectivity index (χ1n) is 8.15. The standard InChI is InChI=1S/C18H28N2O/c1-18(2,3)15-8-4-5-9-16(15)20-17(21)11-10-14-7-6-12-19-13-14/h6-7,12-13,15-16H,4-5,8-11H2,1-3H3,(H,20,21). The predicted octanol–water partition coefficient (Wildman–Crippen LogP) is 3.74.